The lowest BCUT2D eigenvalue weighted by Gasteiger charge is -2.05. The van der Waals surface area contributed by atoms with E-state index in [0.29, 0.717) is 16.5 Å². The molecule has 0 aliphatic carbocycles. The largest absolute Gasteiger partial charge is 0.347 e. The van der Waals surface area contributed by atoms with Gasteiger partial charge in [-0.2, -0.15) is 10.2 Å². The molecule has 1 aromatic carbocycles. The number of hydrogen-bond acceptors (Lipinski definition) is 4. The lowest BCUT2D eigenvalue weighted by molar-refractivity contribution is 1.06. The maximum atomic E-state index is 11.1. The molecule has 0 atom stereocenters. The third-order valence-corrected chi connectivity index (χ3v) is 2.20. The van der Waals surface area contributed by atoms with Crippen LogP contribution in [-0.4, -0.2) is 9.97 Å². The van der Waals surface area contributed by atoms with Crippen molar-refractivity contribution in [3.63, 3.8) is 0 Å². The number of aromatic amines is 1. The Labute approximate surface area is 102 Å². The number of nitrogens with one attached hydrogen (secondary N) is 2. The van der Waals surface area contributed by atoms with Crippen LogP contribution in [0.25, 0.3) is 0 Å². The van der Waals surface area contributed by atoms with Crippen LogP contribution >= 0.6 is 11.6 Å². The molecule has 0 amide bonds. The number of nitrogens with zero attached hydrogens (tertiary/aromatic N) is 2. The molecular weight excluding hydrogens is 240 g/mol. The molecule has 84 valence electrons. The van der Waals surface area contributed by atoms with Gasteiger partial charge in [0.25, 0.3) is 0 Å². The van der Waals surface area contributed by atoms with Gasteiger partial charge in [0.15, 0.2) is 0 Å². The number of nitriles is 1. The Hall–Kier alpha value is -2.32. The van der Waals surface area contributed by atoms with Crippen molar-refractivity contribution in [3.8, 4) is 6.07 Å². The van der Waals surface area contributed by atoms with Crippen LogP contribution in [0.5, 0.6) is 0 Å². The van der Waals surface area contributed by atoms with E-state index in [1.54, 1.807) is 24.3 Å². The fourth-order valence-corrected chi connectivity index (χ4v) is 1.49. The minimum Gasteiger partial charge on any atom is -0.340 e. The average Bonchev–Trinajstić information content (AvgIpc) is 2.28. The Morgan fingerprint density at radius 1 is 1.41 bits per heavy atom. The minimum absolute atomic E-state index is 0.148. The van der Waals surface area contributed by atoms with Gasteiger partial charge in [0.1, 0.15) is 17.6 Å². The first-order chi connectivity index (χ1) is 8.17. The summed E-state index contributed by atoms with van der Waals surface area (Å²) in [5.74, 6) is 0.299. The van der Waals surface area contributed by atoms with E-state index in [-0.39, 0.29) is 5.69 Å². The predicted molar refractivity (Wildman–Crippen MR) is 64.3 cm³/mol. The third kappa shape index (κ3) is 2.83. The first-order valence-corrected chi connectivity index (χ1v) is 5.09. The zero-order chi connectivity index (χ0) is 12.3. The van der Waals surface area contributed by atoms with Crippen molar-refractivity contribution in [1.82, 2.24) is 9.97 Å². The fraction of sp³-hybridized carbons (Fsp3) is 0. The Morgan fingerprint density at radius 2 is 2.24 bits per heavy atom. The SMILES string of the molecule is N#Cc1cc(Nc2cccc(Cl)c2)nc(=O)[nH]1. The summed E-state index contributed by atoms with van der Waals surface area (Å²) in [6, 6.07) is 10.3. The summed E-state index contributed by atoms with van der Waals surface area (Å²) in [5, 5.41) is 12.2. The molecule has 1 aromatic heterocycles. The summed E-state index contributed by atoms with van der Waals surface area (Å²) < 4.78 is 0. The highest BCUT2D eigenvalue weighted by Gasteiger charge is 2.01. The molecule has 1 heterocycles. The zero-order valence-electron chi connectivity index (χ0n) is 8.57. The van der Waals surface area contributed by atoms with Crippen LogP contribution in [0.4, 0.5) is 11.5 Å². The smallest absolute Gasteiger partial charge is 0.340 e. The molecule has 0 spiro atoms. The maximum Gasteiger partial charge on any atom is 0.347 e. The zero-order valence-corrected chi connectivity index (χ0v) is 9.32. The number of rotatable bonds is 2. The fourth-order valence-electron chi connectivity index (χ4n) is 1.30. The van der Waals surface area contributed by atoms with Crippen molar-refractivity contribution in [3.05, 3.63) is 51.5 Å². The second kappa shape index (κ2) is 4.68. The molecule has 0 bridgehead atoms. The summed E-state index contributed by atoms with van der Waals surface area (Å²) in [4.78, 5) is 17.1. The van der Waals surface area contributed by atoms with E-state index in [4.69, 9.17) is 16.9 Å². The molecule has 0 saturated heterocycles. The molecular formula is C11H7ClN4O. The number of anilines is 2. The second-order valence-corrected chi connectivity index (χ2v) is 3.67. The molecule has 6 heteroatoms. The monoisotopic (exact) mass is 246 g/mol. The Bertz CT molecular complexity index is 644. The van der Waals surface area contributed by atoms with Gasteiger partial charge >= 0.3 is 5.69 Å². The summed E-state index contributed by atoms with van der Waals surface area (Å²) in [7, 11) is 0. The first kappa shape index (κ1) is 11.2. The number of H-pyrrole nitrogens is 1. The van der Waals surface area contributed by atoms with Crippen molar-refractivity contribution < 1.29 is 0 Å². The molecule has 0 saturated carbocycles. The molecule has 2 N–H and O–H groups in total. The van der Waals surface area contributed by atoms with E-state index < -0.39 is 5.69 Å². The van der Waals surface area contributed by atoms with Crippen LogP contribution in [0.3, 0.4) is 0 Å². The molecule has 0 aliphatic heterocycles. The quantitative estimate of drug-likeness (QED) is 0.850. The summed E-state index contributed by atoms with van der Waals surface area (Å²) >= 11 is 5.82. The van der Waals surface area contributed by atoms with Crippen LogP contribution in [0.1, 0.15) is 5.69 Å². The van der Waals surface area contributed by atoms with Crippen molar-refractivity contribution in [1.29, 1.82) is 5.26 Å². The van der Waals surface area contributed by atoms with Gasteiger partial charge in [0.2, 0.25) is 0 Å². The molecule has 17 heavy (non-hydrogen) atoms. The molecule has 0 fully saturated rings. The van der Waals surface area contributed by atoms with E-state index in [2.05, 4.69) is 15.3 Å². The summed E-state index contributed by atoms with van der Waals surface area (Å²) in [6.45, 7) is 0. The lowest BCUT2D eigenvalue weighted by Crippen LogP contribution is -2.13. The van der Waals surface area contributed by atoms with Crippen molar-refractivity contribution in [2.45, 2.75) is 0 Å². The van der Waals surface area contributed by atoms with E-state index in [0.717, 1.165) is 0 Å². The first-order valence-electron chi connectivity index (χ1n) is 4.71. The second-order valence-electron chi connectivity index (χ2n) is 3.23. The van der Waals surface area contributed by atoms with Crippen molar-refractivity contribution in [2.75, 3.05) is 5.32 Å². The average molecular weight is 247 g/mol. The number of hydrogen-bond donors (Lipinski definition) is 2. The van der Waals surface area contributed by atoms with E-state index in [1.807, 2.05) is 6.07 Å². The van der Waals surface area contributed by atoms with Crippen LogP contribution in [0, 0.1) is 11.3 Å². The third-order valence-electron chi connectivity index (χ3n) is 1.96. The van der Waals surface area contributed by atoms with Crippen LogP contribution in [0.15, 0.2) is 35.1 Å². The highest BCUT2D eigenvalue weighted by Crippen LogP contribution is 2.18. The topological polar surface area (TPSA) is 81.6 Å². The van der Waals surface area contributed by atoms with Gasteiger partial charge in [-0.05, 0) is 18.2 Å². The molecule has 0 aliphatic rings. The van der Waals surface area contributed by atoms with Crippen LogP contribution in [-0.2, 0) is 0 Å². The van der Waals surface area contributed by atoms with Crippen molar-refractivity contribution in [2.24, 2.45) is 0 Å². The summed E-state index contributed by atoms with van der Waals surface area (Å²) in [6.07, 6.45) is 0. The number of aromatic nitrogens is 2. The minimum atomic E-state index is -0.575. The molecule has 5 nitrogen and oxygen atoms in total. The number of halogens is 1. The van der Waals surface area contributed by atoms with Gasteiger partial charge in [0.05, 0.1) is 0 Å². The van der Waals surface area contributed by atoms with Crippen LogP contribution in [0.2, 0.25) is 5.02 Å². The van der Waals surface area contributed by atoms with E-state index in [9.17, 15) is 4.79 Å². The van der Waals surface area contributed by atoms with Gasteiger partial charge in [-0.3, -0.25) is 4.98 Å². The van der Waals surface area contributed by atoms with E-state index >= 15 is 0 Å². The van der Waals surface area contributed by atoms with Gasteiger partial charge in [0, 0.05) is 16.8 Å². The molecule has 2 rings (SSSR count). The molecule has 0 unspecified atom stereocenters. The van der Waals surface area contributed by atoms with Gasteiger partial charge in [-0.1, -0.05) is 17.7 Å². The van der Waals surface area contributed by atoms with Crippen molar-refractivity contribution >= 4 is 23.1 Å². The maximum absolute atomic E-state index is 11.1. The Balaban J connectivity index is 2.34. The highest BCUT2D eigenvalue weighted by molar-refractivity contribution is 6.30. The van der Waals surface area contributed by atoms with Gasteiger partial charge < -0.3 is 5.32 Å². The molecule has 2 aromatic rings. The predicted octanol–water partition coefficient (Wildman–Crippen LogP) is 2.04. The molecule has 0 radical (unpaired) electrons. The van der Waals surface area contributed by atoms with Gasteiger partial charge in [-0.25, -0.2) is 4.79 Å². The van der Waals surface area contributed by atoms with Gasteiger partial charge in [-0.15, -0.1) is 0 Å². The standard InChI is InChI=1S/C11H7ClN4O/c12-7-2-1-3-8(4-7)14-10-5-9(6-13)15-11(17)16-10/h1-5H,(H2,14,15,16,17). The lowest BCUT2D eigenvalue weighted by atomic mass is 10.3. The summed E-state index contributed by atoms with van der Waals surface area (Å²) in [5.41, 5.74) is 0.266. The van der Waals surface area contributed by atoms with E-state index in [1.165, 1.54) is 6.07 Å². The Morgan fingerprint density at radius 3 is 2.94 bits per heavy atom. The highest BCUT2D eigenvalue weighted by atomic mass is 35.5. The number of benzene rings is 1. The normalized spacial score (nSPS) is 9.65. The Kier molecular flexibility index (Phi) is 3.08. The van der Waals surface area contributed by atoms with Crippen LogP contribution < -0.4 is 11.0 Å².